The summed E-state index contributed by atoms with van der Waals surface area (Å²) in [6.45, 7) is 6.01. The van der Waals surface area contributed by atoms with E-state index in [1.165, 1.54) is 11.1 Å². The Kier molecular flexibility index (Phi) is 11.2. The molecule has 0 aromatic heterocycles. The molecule has 1 fully saturated rings. The van der Waals surface area contributed by atoms with E-state index in [1.807, 2.05) is 14.0 Å². The van der Waals surface area contributed by atoms with Crippen molar-refractivity contribution >= 4 is 29.9 Å². The van der Waals surface area contributed by atoms with Crippen LogP contribution in [0.25, 0.3) is 0 Å². The molecule has 2 N–H and O–H groups in total. The lowest BCUT2D eigenvalue weighted by Crippen LogP contribution is -2.48. The van der Waals surface area contributed by atoms with Crippen LogP contribution in [0.15, 0.2) is 59.6 Å². The molecule has 5 nitrogen and oxygen atoms in total. The van der Waals surface area contributed by atoms with Crippen LogP contribution in [0.3, 0.4) is 0 Å². The molecule has 6 heteroatoms. The van der Waals surface area contributed by atoms with Crippen LogP contribution in [0.1, 0.15) is 37.3 Å². The minimum absolute atomic E-state index is 0. The molecule has 31 heavy (non-hydrogen) atoms. The average molecular weight is 537 g/mol. The van der Waals surface area contributed by atoms with Gasteiger partial charge in [0.25, 0.3) is 0 Å². The Bertz CT molecular complexity index is 775. The molecule has 170 valence electrons. The summed E-state index contributed by atoms with van der Waals surface area (Å²) in [5, 5.41) is 7.03. The Balaban J connectivity index is 0.00000341. The van der Waals surface area contributed by atoms with Crippen molar-refractivity contribution in [1.82, 2.24) is 10.6 Å². The zero-order chi connectivity index (χ0) is 21.1. The number of nitrogens with zero attached hydrogens (tertiary/aromatic N) is 1. The third kappa shape index (κ3) is 7.68. The van der Waals surface area contributed by atoms with Crippen LogP contribution in [-0.4, -0.2) is 45.9 Å². The molecule has 0 spiro atoms. The summed E-state index contributed by atoms with van der Waals surface area (Å²) in [5.74, 6) is 1.78. The number of rotatable bonds is 9. The topological polar surface area (TPSA) is 54.9 Å². The second-order valence-electron chi connectivity index (χ2n) is 7.79. The number of hydrogen-bond donors (Lipinski definition) is 2. The summed E-state index contributed by atoms with van der Waals surface area (Å²) >= 11 is 0. The Hall–Kier alpha value is -1.80. The minimum atomic E-state index is 0. The van der Waals surface area contributed by atoms with Gasteiger partial charge < -0.3 is 20.1 Å². The smallest absolute Gasteiger partial charge is 0.191 e. The molecular weight excluding hydrogens is 501 g/mol. The normalized spacial score (nSPS) is 15.6. The van der Waals surface area contributed by atoms with Crippen LogP contribution >= 0.6 is 24.0 Å². The van der Waals surface area contributed by atoms with Crippen LogP contribution < -0.4 is 15.4 Å². The highest BCUT2D eigenvalue weighted by Crippen LogP contribution is 2.35. The van der Waals surface area contributed by atoms with E-state index in [0.717, 1.165) is 63.7 Å². The molecule has 0 saturated carbocycles. The van der Waals surface area contributed by atoms with Crippen LogP contribution in [0.4, 0.5) is 0 Å². The predicted octanol–water partition coefficient (Wildman–Crippen LogP) is 4.55. The van der Waals surface area contributed by atoms with Gasteiger partial charge in [-0.15, -0.1) is 24.0 Å². The van der Waals surface area contributed by atoms with Crippen molar-refractivity contribution in [3.63, 3.8) is 0 Å². The quantitative estimate of drug-likeness (QED) is 0.213. The summed E-state index contributed by atoms with van der Waals surface area (Å²) in [6.07, 6.45) is 4.14. The lowest BCUT2D eigenvalue weighted by Gasteiger charge is -2.38. The maximum absolute atomic E-state index is 5.66. The SMILES string of the molecule is CCOc1ccc(C2(CNC(=NC)NCCCc3ccccc3)CCOCC2)cc1.I. The predicted molar refractivity (Wildman–Crippen MR) is 139 cm³/mol. The number of nitrogens with one attached hydrogen (secondary N) is 2. The van der Waals surface area contributed by atoms with Crippen molar-refractivity contribution < 1.29 is 9.47 Å². The lowest BCUT2D eigenvalue weighted by atomic mass is 9.74. The summed E-state index contributed by atoms with van der Waals surface area (Å²) in [5.41, 5.74) is 2.75. The first-order chi connectivity index (χ1) is 14.8. The van der Waals surface area contributed by atoms with E-state index in [9.17, 15) is 0 Å². The zero-order valence-electron chi connectivity index (χ0n) is 18.7. The van der Waals surface area contributed by atoms with Gasteiger partial charge in [0.05, 0.1) is 6.61 Å². The van der Waals surface area contributed by atoms with E-state index in [-0.39, 0.29) is 29.4 Å². The minimum Gasteiger partial charge on any atom is -0.494 e. The molecule has 1 aliphatic heterocycles. The number of benzene rings is 2. The number of aliphatic imine (C=N–C) groups is 1. The molecule has 0 bridgehead atoms. The zero-order valence-corrected chi connectivity index (χ0v) is 21.1. The molecule has 3 rings (SSSR count). The second kappa shape index (κ2) is 13.6. The molecular formula is C25H36IN3O2. The second-order valence-corrected chi connectivity index (χ2v) is 7.79. The summed E-state index contributed by atoms with van der Waals surface area (Å²) < 4.78 is 11.3. The molecule has 0 amide bonds. The third-order valence-corrected chi connectivity index (χ3v) is 5.82. The first-order valence-electron chi connectivity index (χ1n) is 11.1. The van der Waals surface area contributed by atoms with Crippen molar-refractivity contribution in [2.75, 3.05) is 40.0 Å². The Morgan fingerprint density at radius 1 is 1.03 bits per heavy atom. The molecule has 1 saturated heterocycles. The fourth-order valence-corrected chi connectivity index (χ4v) is 4.02. The van der Waals surface area contributed by atoms with Gasteiger partial charge in [-0.2, -0.15) is 0 Å². The number of halogens is 1. The highest BCUT2D eigenvalue weighted by Gasteiger charge is 2.34. The van der Waals surface area contributed by atoms with E-state index in [1.54, 1.807) is 0 Å². The molecule has 0 unspecified atom stereocenters. The molecule has 0 radical (unpaired) electrons. The van der Waals surface area contributed by atoms with Gasteiger partial charge in [0.1, 0.15) is 5.75 Å². The van der Waals surface area contributed by atoms with E-state index in [0.29, 0.717) is 6.61 Å². The first-order valence-corrected chi connectivity index (χ1v) is 11.1. The van der Waals surface area contributed by atoms with Crippen molar-refractivity contribution in [1.29, 1.82) is 0 Å². The lowest BCUT2D eigenvalue weighted by molar-refractivity contribution is 0.0513. The molecule has 1 heterocycles. The fourth-order valence-electron chi connectivity index (χ4n) is 4.02. The number of ether oxygens (including phenoxy) is 2. The van der Waals surface area contributed by atoms with Gasteiger partial charge >= 0.3 is 0 Å². The van der Waals surface area contributed by atoms with E-state index in [4.69, 9.17) is 9.47 Å². The number of guanidine groups is 1. The molecule has 0 atom stereocenters. The van der Waals surface area contributed by atoms with Gasteiger partial charge in [0.2, 0.25) is 0 Å². The van der Waals surface area contributed by atoms with Gasteiger partial charge in [-0.3, -0.25) is 4.99 Å². The maximum atomic E-state index is 5.66. The van der Waals surface area contributed by atoms with Crippen molar-refractivity contribution in [2.45, 2.75) is 38.0 Å². The molecule has 0 aliphatic carbocycles. The fraction of sp³-hybridized carbons (Fsp3) is 0.480. The third-order valence-electron chi connectivity index (χ3n) is 5.82. The molecule has 1 aliphatic rings. The van der Waals surface area contributed by atoms with Gasteiger partial charge in [0.15, 0.2) is 5.96 Å². The number of aryl methyl sites for hydroxylation is 1. The summed E-state index contributed by atoms with van der Waals surface area (Å²) in [6, 6.07) is 19.2. The average Bonchev–Trinajstić information content (AvgIpc) is 2.80. The van der Waals surface area contributed by atoms with Crippen LogP contribution in [-0.2, 0) is 16.6 Å². The Morgan fingerprint density at radius 3 is 2.39 bits per heavy atom. The van der Waals surface area contributed by atoms with E-state index < -0.39 is 0 Å². The summed E-state index contributed by atoms with van der Waals surface area (Å²) in [7, 11) is 1.83. The highest BCUT2D eigenvalue weighted by molar-refractivity contribution is 14.0. The van der Waals surface area contributed by atoms with Crippen molar-refractivity contribution in [2.24, 2.45) is 4.99 Å². The van der Waals surface area contributed by atoms with E-state index in [2.05, 4.69) is 70.2 Å². The first kappa shape index (κ1) is 25.5. The van der Waals surface area contributed by atoms with Crippen LogP contribution in [0.2, 0.25) is 0 Å². The molecule has 2 aromatic rings. The van der Waals surface area contributed by atoms with Crippen LogP contribution in [0, 0.1) is 0 Å². The number of hydrogen-bond acceptors (Lipinski definition) is 3. The molecule has 2 aromatic carbocycles. The van der Waals surface area contributed by atoms with E-state index >= 15 is 0 Å². The Morgan fingerprint density at radius 2 is 1.74 bits per heavy atom. The van der Waals surface area contributed by atoms with Crippen molar-refractivity contribution in [3.05, 3.63) is 65.7 Å². The van der Waals surface area contributed by atoms with Gasteiger partial charge in [0, 0.05) is 38.8 Å². The van der Waals surface area contributed by atoms with Gasteiger partial charge in [-0.05, 0) is 55.9 Å². The maximum Gasteiger partial charge on any atom is 0.191 e. The van der Waals surface area contributed by atoms with Crippen molar-refractivity contribution in [3.8, 4) is 5.75 Å². The highest BCUT2D eigenvalue weighted by atomic mass is 127. The Labute approximate surface area is 204 Å². The van der Waals surface area contributed by atoms with Gasteiger partial charge in [-0.1, -0.05) is 42.5 Å². The van der Waals surface area contributed by atoms with Crippen LogP contribution in [0.5, 0.6) is 5.75 Å². The monoisotopic (exact) mass is 537 g/mol. The van der Waals surface area contributed by atoms with Gasteiger partial charge in [-0.25, -0.2) is 0 Å². The largest absolute Gasteiger partial charge is 0.494 e. The summed E-state index contributed by atoms with van der Waals surface area (Å²) in [4.78, 5) is 4.42. The standard InChI is InChI=1S/C25H35N3O2.HI/c1-3-30-23-13-11-22(12-14-23)25(15-18-29-19-16-25)20-28-24(26-2)27-17-7-10-21-8-5-4-6-9-21;/h4-6,8-9,11-14H,3,7,10,15-20H2,1-2H3,(H2,26,27,28);1H.